The second-order valence-corrected chi connectivity index (χ2v) is 3.59. The Balaban J connectivity index is 2.57. The Hall–Kier alpha value is -0.120. The second-order valence-electron chi connectivity index (χ2n) is 3.59. The molecule has 66 valence electrons. The van der Waals surface area contributed by atoms with E-state index < -0.39 is 0 Å². The van der Waals surface area contributed by atoms with Crippen molar-refractivity contribution in [1.82, 2.24) is 10.4 Å². The van der Waals surface area contributed by atoms with Crippen molar-refractivity contribution in [3.63, 3.8) is 0 Å². The first-order valence-corrected chi connectivity index (χ1v) is 4.12. The summed E-state index contributed by atoms with van der Waals surface area (Å²) in [5, 5.41) is 2.12. The van der Waals surface area contributed by atoms with E-state index in [0.29, 0.717) is 6.04 Å². The first-order valence-electron chi connectivity index (χ1n) is 4.12. The molecular formula is C8H18N2O. The molecule has 1 aliphatic rings. The number of likely N-dealkylation sites (N-methyl/N-ethyl adjacent to an activating group) is 1. The maximum atomic E-state index is 5.59. The third kappa shape index (κ3) is 1.72. The molecule has 1 heterocycles. The molecule has 0 saturated carbocycles. The van der Waals surface area contributed by atoms with Crippen LogP contribution in [0, 0.1) is 0 Å². The Bertz CT molecular complexity index is 136. The first kappa shape index (κ1) is 8.97. The molecule has 11 heavy (non-hydrogen) atoms. The van der Waals surface area contributed by atoms with Gasteiger partial charge in [0.1, 0.15) is 0 Å². The SMILES string of the molecule is CNN(C)C1CCOC1(C)C. The highest BCUT2D eigenvalue weighted by molar-refractivity contribution is 4.89. The van der Waals surface area contributed by atoms with Crippen LogP contribution < -0.4 is 5.43 Å². The number of hydrogen-bond acceptors (Lipinski definition) is 3. The molecule has 1 atom stereocenters. The summed E-state index contributed by atoms with van der Waals surface area (Å²) in [6.07, 6.45) is 1.12. The molecular weight excluding hydrogens is 140 g/mol. The lowest BCUT2D eigenvalue weighted by Gasteiger charge is -2.32. The molecule has 1 aliphatic heterocycles. The molecule has 0 aromatic carbocycles. The summed E-state index contributed by atoms with van der Waals surface area (Å²) in [4.78, 5) is 0. The van der Waals surface area contributed by atoms with E-state index in [0.717, 1.165) is 13.0 Å². The molecule has 0 aromatic heterocycles. The van der Waals surface area contributed by atoms with E-state index in [2.05, 4.69) is 31.3 Å². The highest BCUT2D eigenvalue weighted by Crippen LogP contribution is 2.27. The molecule has 0 amide bonds. The fourth-order valence-corrected chi connectivity index (χ4v) is 1.69. The third-order valence-electron chi connectivity index (χ3n) is 2.49. The zero-order valence-electron chi connectivity index (χ0n) is 7.85. The van der Waals surface area contributed by atoms with Crippen molar-refractivity contribution in [2.24, 2.45) is 0 Å². The average Bonchev–Trinajstić information content (AvgIpc) is 2.28. The minimum atomic E-state index is -0.00222. The van der Waals surface area contributed by atoms with Gasteiger partial charge in [-0.15, -0.1) is 0 Å². The maximum Gasteiger partial charge on any atom is 0.0795 e. The van der Waals surface area contributed by atoms with Crippen LogP contribution in [0.25, 0.3) is 0 Å². The van der Waals surface area contributed by atoms with Gasteiger partial charge < -0.3 is 4.74 Å². The summed E-state index contributed by atoms with van der Waals surface area (Å²) in [5.74, 6) is 0. The molecule has 0 aliphatic carbocycles. The number of hydrogen-bond donors (Lipinski definition) is 1. The standard InChI is InChI=1S/C8H18N2O/c1-8(2)7(5-6-11-8)10(4)9-3/h7,9H,5-6H2,1-4H3. The van der Waals surface area contributed by atoms with Gasteiger partial charge in [0.25, 0.3) is 0 Å². The molecule has 0 aromatic rings. The minimum Gasteiger partial charge on any atom is -0.374 e. The zero-order valence-corrected chi connectivity index (χ0v) is 7.85. The van der Waals surface area contributed by atoms with Crippen molar-refractivity contribution in [1.29, 1.82) is 0 Å². The van der Waals surface area contributed by atoms with E-state index in [4.69, 9.17) is 4.74 Å². The Morgan fingerprint density at radius 2 is 2.18 bits per heavy atom. The van der Waals surface area contributed by atoms with Crippen LogP contribution in [0.1, 0.15) is 20.3 Å². The van der Waals surface area contributed by atoms with E-state index in [1.165, 1.54) is 0 Å². The van der Waals surface area contributed by atoms with Crippen LogP contribution in [0.2, 0.25) is 0 Å². The normalized spacial score (nSPS) is 29.7. The lowest BCUT2D eigenvalue weighted by molar-refractivity contribution is -0.0143. The van der Waals surface area contributed by atoms with Crippen molar-refractivity contribution >= 4 is 0 Å². The van der Waals surface area contributed by atoms with Gasteiger partial charge in [0.05, 0.1) is 11.6 Å². The summed E-state index contributed by atoms with van der Waals surface area (Å²) in [5.41, 5.74) is 3.11. The van der Waals surface area contributed by atoms with Gasteiger partial charge in [0, 0.05) is 13.7 Å². The second kappa shape index (κ2) is 3.09. The number of nitrogens with zero attached hydrogens (tertiary/aromatic N) is 1. The van der Waals surface area contributed by atoms with Crippen molar-refractivity contribution in [3.8, 4) is 0 Å². The van der Waals surface area contributed by atoms with Crippen molar-refractivity contribution in [2.75, 3.05) is 20.7 Å². The largest absolute Gasteiger partial charge is 0.374 e. The Labute approximate surface area is 68.7 Å². The molecule has 3 nitrogen and oxygen atoms in total. The Morgan fingerprint density at radius 1 is 1.55 bits per heavy atom. The van der Waals surface area contributed by atoms with Crippen LogP contribution in [-0.4, -0.2) is 37.4 Å². The average molecular weight is 158 g/mol. The zero-order chi connectivity index (χ0) is 8.48. The van der Waals surface area contributed by atoms with Gasteiger partial charge in [-0.25, -0.2) is 5.01 Å². The summed E-state index contributed by atoms with van der Waals surface area (Å²) < 4.78 is 5.59. The fourth-order valence-electron chi connectivity index (χ4n) is 1.69. The molecule has 1 unspecified atom stereocenters. The predicted octanol–water partition coefficient (Wildman–Crippen LogP) is 0.620. The Kier molecular flexibility index (Phi) is 2.52. The topological polar surface area (TPSA) is 24.5 Å². The van der Waals surface area contributed by atoms with Gasteiger partial charge in [-0.1, -0.05) is 0 Å². The lowest BCUT2D eigenvalue weighted by Crippen LogP contribution is -2.49. The van der Waals surface area contributed by atoms with E-state index in [1.54, 1.807) is 0 Å². The van der Waals surface area contributed by atoms with Crippen LogP contribution in [0.15, 0.2) is 0 Å². The lowest BCUT2D eigenvalue weighted by atomic mass is 9.99. The van der Waals surface area contributed by atoms with Crippen molar-refractivity contribution in [3.05, 3.63) is 0 Å². The molecule has 0 bridgehead atoms. The van der Waals surface area contributed by atoms with Gasteiger partial charge in [-0.3, -0.25) is 5.43 Å². The monoisotopic (exact) mass is 158 g/mol. The predicted molar refractivity (Wildman–Crippen MR) is 45.3 cm³/mol. The molecule has 1 N–H and O–H groups in total. The maximum absolute atomic E-state index is 5.59. The van der Waals surface area contributed by atoms with Crippen LogP contribution >= 0.6 is 0 Å². The van der Waals surface area contributed by atoms with Crippen molar-refractivity contribution < 1.29 is 4.74 Å². The van der Waals surface area contributed by atoms with Crippen LogP contribution in [0.5, 0.6) is 0 Å². The van der Waals surface area contributed by atoms with Gasteiger partial charge in [-0.05, 0) is 27.3 Å². The van der Waals surface area contributed by atoms with Gasteiger partial charge >= 0.3 is 0 Å². The van der Waals surface area contributed by atoms with E-state index >= 15 is 0 Å². The quantitative estimate of drug-likeness (QED) is 0.596. The molecule has 1 fully saturated rings. The number of ether oxygens (including phenoxy) is 1. The van der Waals surface area contributed by atoms with Crippen LogP contribution in [0.4, 0.5) is 0 Å². The molecule has 0 spiro atoms. The summed E-state index contributed by atoms with van der Waals surface area (Å²) in [7, 11) is 4.00. The van der Waals surface area contributed by atoms with Crippen LogP contribution in [-0.2, 0) is 4.74 Å². The number of nitrogens with one attached hydrogen (secondary N) is 1. The van der Waals surface area contributed by atoms with Crippen molar-refractivity contribution in [2.45, 2.75) is 31.9 Å². The minimum absolute atomic E-state index is 0.00222. The summed E-state index contributed by atoms with van der Waals surface area (Å²) >= 11 is 0. The molecule has 0 radical (unpaired) electrons. The summed E-state index contributed by atoms with van der Waals surface area (Å²) in [6.45, 7) is 5.15. The van der Waals surface area contributed by atoms with Gasteiger partial charge in [-0.2, -0.15) is 0 Å². The smallest absolute Gasteiger partial charge is 0.0795 e. The Morgan fingerprint density at radius 3 is 2.55 bits per heavy atom. The van der Waals surface area contributed by atoms with Gasteiger partial charge in [0.2, 0.25) is 0 Å². The summed E-state index contributed by atoms with van der Waals surface area (Å²) in [6, 6.07) is 0.493. The number of hydrazine groups is 1. The fraction of sp³-hybridized carbons (Fsp3) is 1.00. The third-order valence-corrected chi connectivity index (χ3v) is 2.49. The molecule has 1 saturated heterocycles. The first-order chi connectivity index (χ1) is 5.08. The highest BCUT2D eigenvalue weighted by atomic mass is 16.5. The molecule has 1 rings (SSSR count). The van der Waals surface area contributed by atoms with Crippen LogP contribution in [0.3, 0.4) is 0 Å². The van der Waals surface area contributed by atoms with Gasteiger partial charge in [0.15, 0.2) is 0 Å². The molecule has 3 heteroatoms. The number of rotatable bonds is 2. The van der Waals surface area contributed by atoms with E-state index in [1.807, 2.05) is 7.05 Å². The highest BCUT2D eigenvalue weighted by Gasteiger charge is 2.37. The van der Waals surface area contributed by atoms with E-state index in [-0.39, 0.29) is 5.60 Å². The van der Waals surface area contributed by atoms with E-state index in [9.17, 15) is 0 Å².